The summed E-state index contributed by atoms with van der Waals surface area (Å²) >= 11 is 9.21. The molecule has 1 atom stereocenters. The molecule has 0 saturated heterocycles. The predicted octanol–water partition coefficient (Wildman–Crippen LogP) is 5.75. The van der Waals surface area contributed by atoms with E-state index in [-0.39, 0.29) is 5.91 Å². The molecule has 4 heterocycles. The Morgan fingerprint density at radius 3 is 2.59 bits per heavy atom. The number of benzene rings is 1. The van der Waals surface area contributed by atoms with Gasteiger partial charge in [-0.15, -0.1) is 0 Å². The second-order valence-electron chi connectivity index (χ2n) is 9.71. The highest BCUT2D eigenvalue weighted by molar-refractivity contribution is 14.1. The summed E-state index contributed by atoms with van der Waals surface area (Å²) in [6.07, 6.45) is 6.53. The number of hydrogen-bond acceptors (Lipinski definition) is 8. The number of rotatable bonds is 7. The monoisotopic (exact) mass is 682 g/mol. The van der Waals surface area contributed by atoms with Gasteiger partial charge < -0.3 is 15.4 Å². The van der Waals surface area contributed by atoms with Gasteiger partial charge in [-0.2, -0.15) is 5.10 Å². The van der Waals surface area contributed by atoms with Crippen LogP contribution in [0.2, 0.25) is 5.02 Å². The first-order valence-electron chi connectivity index (χ1n) is 12.8. The number of nitrogens with two attached hydrogens (primary N) is 1. The van der Waals surface area contributed by atoms with Crippen molar-refractivity contribution in [3.05, 3.63) is 77.1 Å². The molecule has 12 heteroatoms. The number of pyridine rings is 2. The number of fused-ring (bicyclic) bond motifs is 1. The van der Waals surface area contributed by atoms with Crippen LogP contribution < -0.4 is 10.5 Å². The van der Waals surface area contributed by atoms with Gasteiger partial charge in [-0.1, -0.05) is 17.7 Å². The summed E-state index contributed by atoms with van der Waals surface area (Å²) in [5.74, 6) is 0.771. The number of amides is 1. The van der Waals surface area contributed by atoms with E-state index in [1.807, 2.05) is 49.7 Å². The van der Waals surface area contributed by atoms with Crippen LogP contribution in [0.25, 0.3) is 33.4 Å². The molecule has 4 aromatic heterocycles. The molecular weight excluding hydrogens is 655 g/mol. The van der Waals surface area contributed by atoms with Crippen LogP contribution in [0.15, 0.2) is 55.2 Å². The lowest BCUT2D eigenvalue weighted by molar-refractivity contribution is 0.0822. The first kappa shape index (κ1) is 28.7. The molecule has 41 heavy (non-hydrogen) atoms. The highest BCUT2D eigenvalue weighted by Gasteiger charge is 2.36. The summed E-state index contributed by atoms with van der Waals surface area (Å²) in [4.78, 5) is 31.4. The van der Waals surface area contributed by atoms with Gasteiger partial charge in [0.25, 0.3) is 5.91 Å². The maximum atomic E-state index is 12.4. The standard InChI is InChI=1S/C29H28ClIN8O2/c1-6-41-25-19(12-20(30)16(2)22(25)17-9-10-21(34-14-17)28(40)38(4)5)29(3,31)39-27-23(26(32)35-15-36-27)24(37-39)18-8-7-11-33-13-18/h7-15H,6H2,1-5H3,(H2,32,35,36). The molecule has 5 rings (SSSR count). The van der Waals surface area contributed by atoms with E-state index in [0.29, 0.717) is 45.6 Å². The maximum absolute atomic E-state index is 12.4. The minimum Gasteiger partial charge on any atom is -0.493 e. The second-order valence-corrected chi connectivity index (χ2v) is 12.2. The van der Waals surface area contributed by atoms with Crippen molar-refractivity contribution >= 4 is 57.0 Å². The van der Waals surface area contributed by atoms with Crippen LogP contribution in [0.3, 0.4) is 0 Å². The van der Waals surface area contributed by atoms with Crippen LogP contribution in [-0.2, 0) is 3.55 Å². The molecular formula is C29H28ClIN8O2. The molecule has 2 N–H and O–H groups in total. The highest BCUT2D eigenvalue weighted by Crippen LogP contribution is 2.48. The van der Waals surface area contributed by atoms with Crippen LogP contribution >= 0.6 is 34.2 Å². The van der Waals surface area contributed by atoms with Gasteiger partial charge in [0.05, 0.1) is 12.0 Å². The fourth-order valence-corrected chi connectivity index (χ4v) is 5.63. The Morgan fingerprint density at radius 2 is 1.95 bits per heavy atom. The van der Waals surface area contributed by atoms with Gasteiger partial charge in [0.1, 0.15) is 32.8 Å². The Bertz CT molecular complexity index is 1760. The van der Waals surface area contributed by atoms with Gasteiger partial charge >= 0.3 is 0 Å². The van der Waals surface area contributed by atoms with Crippen molar-refractivity contribution < 1.29 is 9.53 Å². The number of nitrogen functional groups attached to an aromatic ring is 1. The van der Waals surface area contributed by atoms with Gasteiger partial charge in [-0.25, -0.2) is 14.6 Å². The lowest BCUT2D eigenvalue weighted by Crippen LogP contribution is -2.27. The summed E-state index contributed by atoms with van der Waals surface area (Å²) in [7, 11) is 3.38. The summed E-state index contributed by atoms with van der Waals surface area (Å²) < 4.78 is 7.30. The Hall–Kier alpha value is -3.84. The van der Waals surface area contributed by atoms with Crippen molar-refractivity contribution in [3.63, 3.8) is 0 Å². The molecule has 1 unspecified atom stereocenters. The van der Waals surface area contributed by atoms with Gasteiger partial charge in [0, 0.05) is 60.0 Å². The zero-order chi connectivity index (χ0) is 29.5. The van der Waals surface area contributed by atoms with Crippen molar-refractivity contribution in [3.8, 4) is 28.1 Å². The summed E-state index contributed by atoms with van der Waals surface area (Å²) in [6.45, 7) is 6.28. The first-order valence-corrected chi connectivity index (χ1v) is 14.2. The number of carbonyl (C=O) groups is 1. The molecule has 0 aliphatic carbocycles. The lowest BCUT2D eigenvalue weighted by atomic mass is 9.94. The number of anilines is 1. The third-order valence-corrected chi connectivity index (χ3v) is 8.19. The summed E-state index contributed by atoms with van der Waals surface area (Å²) in [5, 5.41) is 6.18. The van der Waals surface area contributed by atoms with Crippen LogP contribution in [0.1, 0.15) is 35.5 Å². The Labute approximate surface area is 256 Å². The normalized spacial score (nSPS) is 12.8. The molecule has 0 aliphatic rings. The van der Waals surface area contributed by atoms with Crippen molar-refractivity contribution in [1.82, 2.24) is 34.6 Å². The van der Waals surface area contributed by atoms with E-state index < -0.39 is 3.55 Å². The Kier molecular flexibility index (Phi) is 7.84. The summed E-state index contributed by atoms with van der Waals surface area (Å²) in [5.41, 5.74) is 11.8. The topological polar surface area (TPSA) is 125 Å². The first-order chi connectivity index (χ1) is 19.6. The zero-order valence-corrected chi connectivity index (χ0v) is 26.1. The van der Waals surface area contributed by atoms with E-state index in [9.17, 15) is 4.79 Å². The molecule has 210 valence electrons. The molecule has 0 saturated carbocycles. The fraction of sp³-hybridized carbons (Fsp3) is 0.241. The molecule has 0 aliphatic heterocycles. The van der Waals surface area contributed by atoms with E-state index >= 15 is 0 Å². The SMILES string of the molecule is CCOc1c(C(C)(I)n2nc(-c3cccnc3)c3c(N)ncnc32)cc(Cl)c(C)c1-c1ccc(C(=O)N(C)C)nc1. The van der Waals surface area contributed by atoms with Crippen molar-refractivity contribution in [2.75, 3.05) is 26.4 Å². The van der Waals surface area contributed by atoms with Gasteiger partial charge in [0.2, 0.25) is 0 Å². The molecule has 0 bridgehead atoms. The fourth-order valence-electron chi connectivity index (χ4n) is 4.69. The number of halogens is 2. The Balaban J connectivity index is 1.75. The van der Waals surface area contributed by atoms with Crippen LogP contribution in [0.5, 0.6) is 5.75 Å². The second kappa shape index (κ2) is 11.2. The zero-order valence-electron chi connectivity index (χ0n) is 23.2. The predicted molar refractivity (Wildman–Crippen MR) is 168 cm³/mol. The molecule has 0 spiro atoms. The van der Waals surface area contributed by atoms with Crippen molar-refractivity contribution in [2.24, 2.45) is 0 Å². The average Bonchev–Trinajstić information content (AvgIpc) is 3.37. The Morgan fingerprint density at radius 1 is 1.17 bits per heavy atom. The van der Waals surface area contributed by atoms with E-state index in [2.05, 4.69) is 42.5 Å². The number of carbonyl (C=O) groups excluding carboxylic acids is 1. The van der Waals surface area contributed by atoms with Crippen molar-refractivity contribution in [1.29, 1.82) is 0 Å². The number of aromatic nitrogens is 6. The van der Waals surface area contributed by atoms with Gasteiger partial charge in [-0.05, 0) is 73.2 Å². The highest BCUT2D eigenvalue weighted by atomic mass is 127. The van der Waals surface area contributed by atoms with Gasteiger partial charge in [0.15, 0.2) is 5.65 Å². The minimum atomic E-state index is -0.845. The molecule has 1 amide bonds. The van der Waals surface area contributed by atoms with Gasteiger partial charge in [-0.3, -0.25) is 14.8 Å². The molecule has 0 fully saturated rings. The quantitative estimate of drug-likeness (QED) is 0.170. The van der Waals surface area contributed by atoms with Crippen LogP contribution in [0.4, 0.5) is 5.82 Å². The molecule has 5 aromatic rings. The third kappa shape index (κ3) is 5.08. The number of alkyl halides is 1. The molecule has 1 aromatic carbocycles. The van der Waals surface area contributed by atoms with Crippen LogP contribution in [0, 0.1) is 6.92 Å². The number of hydrogen-bond donors (Lipinski definition) is 1. The number of nitrogens with zero attached hydrogens (tertiary/aromatic N) is 7. The van der Waals surface area contributed by atoms with E-state index in [1.165, 1.54) is 11.2 Å². The molecule has 0 radical (unpaired) electrons. The van der Waals surface area contributed by atoms with E-state index in [1.54, 1.807) is 38.8 Å². The lowest BCUT2D eigenvalue weighted by Gasteiger charge is -2.29. The molecule has 10 nitrogen and oxygen atoms in total. The van der Waals surface area contributed by atoms with Crippen molar-refractivity contribution in [2.45, 2.75) is 24.3 Å². The number of ether oxygens (including phenoxy) is 1. The van der Waals surface area contributed by atoms with E-state index in [0.717, 1.165) is 27.8 Å². The maximum Gasteiger partial charge on any atom is 0.271 e. The largest absolute Gasteiger partial charge is 0.493 e. The smallest absolute Gasteiger partial charge is 0.271 e. The third-order valence-electron chi connectivity index (χ3n) is 6.76. The summed E-state index contributed by atoms with van der Waals surface area (Å²) in [6, 6.07) is 9.22. The van der Waals surface area contributed by atoms with Crippen LogP contribution in [-0.4, -0.2) is 61.2 Å². The van der Waals surface area contributed by atoms with E-state index in [4.69, 9.17) is 27.2 Å². The minimum absolute atomic E-state index is 0.179. The average molecular weight is 683 g/mol.